The van der Waals surface area contributed by atoms with E-state index >= 15 is 0 Å². The van der Waals surface area contributed by atoms with Crippen molar-refractivity contribution in [1.82, 2.24) is 15.5 Å². The highest BCUT2D eigenvalue weighted by molar-refractivity contribution is 7.99. The lowest BCUT2D eigenvalue weighted by atomic mass is 10.2. The fraction of sp³-hybridized carbons (Fsp3) is 0.667. The van der Waals surface area contributed by atoms with E-state index in [0.717, 1.165) is 11.8 Å². The Bertz CT molecular complexity index is 369. The van der Waals surface area contributed by atoms with E-state index in [-0.39, 0.29) is 24.1 Å². The number of hydrogen-bond acceptors (Lipinski definition) is 7. The van der Waals surface area contributed by atoms with E-state index < -0.39 is 6.23 Å². The number of carbonyl (C=O) groups is 1. The van der Waals surface area contributed by atoms with E-state index in [0.29, 0.717) is 11.1 Å². The highest BCUT2D eigenvalue weighted by atomic mass is 32.2. The maximum Gasteiger partial charge on any atom is 0.277 e. The van der Waals surface area contributed by atoms with E-state index in [4.69, 9.17) is 15.3 Å². The molecular weight excluding hydrogens is 244 g/mol. The summed E-state index contributed by atoms with van der Waals surface area (Å²) in [5, 5.41) is 19.4. The van der Waals surface area contributed by atoms with Crippen molar-refractivity contribution in [2.45, 2.75) is 31.2 Å². The van der Waals surface area contributed by atoms with E-state index in [9.17, 15) is 4.79 Å². The normalized spacial score (nSPS) is 12.8. The van der Waals surface area contributed by atoms with Gasteiger partial charge in [-0.25, -0.2) is 0 Å². The first-order valence-electron chi connectivity index (χ1n) is 5.16. The van der Waals surface area contributed by atoms with Crippen LogP contribution in [0.5, 0.6) is 0 Å². The van der Waals surface area contributed by atoms with Crippen LogP contribution in [0.3, 0.4) is 0 Å². The maximum atomic E-state index is 11.3. The molecule has 7 nitrogen and oxygen atoms in total. The molecule has 0 unspecified atom stereocenters. The summed E-state index contributed by atoms with van der Waals surface area (Å²) < 4.78 is 5.30. The number of rotatable bonds is 6. The summed E-state index contributed by atoms with van der Waals surface area (Å²) in [5.41, 5.74) is 5.15. The fourth-order valence-corrected chi connectivity index (χ4v) is 1.51. The number of nitrogens with one attached hydrogen (secondary N) is 1. The van der Waals surface area contributed by atoms with Crippen LogP contribution in [-0.4, -0.2) is 39.7 Å². The van der Waals surface area contributed by atoms with Gasteiger partial charge in [-0.3, -0.25) is 4.79 Å². The highest BCUT2D eigenvalue weighted by Crippen LogP contribution is 2.19. The van der Waals surface area contributed by atoms with Crippen LogP contribution in [0.15, 0.2) is 9.64 Å². The molecule has 0 aliphatic carbocycles. The summed E-state index contributed by atoms with van der Waals surface area (Å²) >= 11 is 1.11. The Balaban J connectivity index is 2.37. The number of nitrogens with two attached hydrogens (primary N) is 1. The number of aliphatic hydroxyl groups is 1. The first-order valence-corrected chi connectivity index (χ1v) is 6.15. The first kappa shape index (κ1) is 13.9. The Morgan fingerprint density at radius 2 is 2.29 bits per heavy atom. The van der Waals surface area contributed by atoms with Crippen molar-refractivity contribution in [2.24, 2.45) is 5.73 Å². The Hall–Kier alpha value is -1.12. The standard InChI is InChI=1S/C9H16N4O3S/c1-5(2)8-12-13-9(16-8)17-4-7(15)11-6(14)3-10/h5-6,14H,3-4,10H2,1-2H3,(H,11,15)/t6-/m1/s1. The molecule has 0 saturated carbocycles. The van der Waals surface area contributed by atoms with E-state index in [1.165, 1.54) is 0 Å². The summed E-state index contributed by atoms with van der Waals surface area (Å²) in [4.78, 5) is 11.3. The van der Waals surface area contributed by atoms with Gasteiger partial charge in [0.15, 0.2) is 0 Å². The average Bonchev–Trinajstić information content (AvgIpc) is 2.75. The van der Waals surface area contributed by atoms with Gasteiger partial charge in [-0.1, -0.05) is 25.6 Å². The summed E-state index contributed by atoms with van der Waals surface area (Å²) in [6, 6.07) is 0. The van der Waals surface area contributed by atoms with Gasteiger partial charge < -0.3 is 20.6 Å². The Labute approximate surface area is 103 Å². The van der Waals surface area contributed by atoms with Crippen molar-refractivity contribution in [3.63, 3.8) is 0 Å². The lowest BCUT2D eigenvalue weighted by Crippen LogP contribution is -2.40. The van der Waals surface area contributed by atoms with Crippen LogP contribution in [0, 0.1) is 0 Å². The maximum absolute atomic E-state index is 11.3. The zero-order valence-electron chi connectivity index (χ0n) is 9.71. The zero-order chi connectivity index (χ0) is 12.8. The van der Waals surface area contributed by atoms with Crippen LogP contribution in [-0.2, 0) is 4.79 Å². The van der Waals surface area contributed by atoms with Gasteiger partial charge >= 0.3 is 0 Å². The van der Waals surface area contributed by atoms with Gasteiger partial charge in [0.05, 0.1) is 5.75 Å². The number of hydrogen-bond donors (Lipinski definition) is 3. The van der Waals surface area contributed by atoms with Crippen LogP contribution in [0.2, 0.25) is 0 Å². The molecule has 1 amide bonds. The molecule has 1 atom stereocenters. The predicted octanol–water partition coefficient (Wildman–Crippen LogP) is -0.322. The third-order valence-electron chi connectivity index (χ3n) is 1.79. The number of nitrogens with zero attached hydrogens (tertiary/aromatic N) is 2. The minimum atomic E-state index is -1.02. The van der Waals surface area contributed by atoms with E-state index in [1.807, 2.05) is 13.8 Å². The Morgan fingerprint density at radius 1 is 1.59 bits per heavy atom. The SMILES string of the molecule is CC(C)c1nnc(SCC(=O)N[C@H](O)CN)o1. The molecule has 17 heavy (non-hydrogen) atoms. The lowest BCUT2D eigenvalue weighted by Gasteiger charge is -2.08. The molecule has 0 fully saturated rings. The third kappa shape index (κ3) is 4.72. The third-order valence-corrected chi connectivity index (χ3v) is 2.61. The minimum absolute atomic E-state index is 0.0194. The second-order valence-corrected chi connectivity index (χ2v) is 4.60. The molecule has 0 bridgehead atoms. The summed E-state index contributed by atoms with van der Waals surface area (Å²) in [6.45, 7) is 3.85. The largest absolute Gasteiger partial charge is 0.416 e. The van der Waals surface area contributed by atoms with Gasteiger partial charge in [0, 0.05) is 12.5 Å². The molecule has 1 rings (SSSR count). The van der Waals surface area contributed by atoms with Crippen molar-refractivity contribution < 1.29 is 14.3 Å². The second-order valence-electron chi connectivity index (χ2n) is 3.67. The van der Waals surface area contributed by atoms with E-state index in [1.54, 1.807) is 0 Å². The Morgan fingerprint density at radius 3 is 2.82 bits per heavy atom. The summed E-state index contributed by atoms with van der Waals surface area (Å²) in [6.07, 6.45) is -1.02. The highest BCUT2D eigenvalue weighted by Gasteiger charge is 2.12. The monoisotopic (exact) mass is 260 g/mol. The number of thioether (sulfide) groups is 1. The molecule has 0 aliphatic heterocycles. The second kappa shape index (κ2) is 6.58. The van der Waals surface area contributed by atoms with E-state index in [2.05, 4.69) is 15.5 Å². The number of carbonyl (C=O) groups excluding carboxylic acids is 1. The molecular formula is C9H16N4O3S. The van der Waals surface area contributed by atoms with Crippen molar-refractivity contribution >= 4 is 17.7 Å². The predicted molar refractivity (Wildman–Crippen MR) is 62.3 cm³/mol. The topological polar surface area (TPSA) is 114 Å². The summed E-state index contributed by atoms with van der Waals surface area (Å²) in [5.74, 6) is 0.452. The smallest absolute Gasteiger partial charge is 0.277 e. The molecule has 0 spiro atoms. The quantitative estimate of drug-likeness (QED) is 0.474. The fourth-order valence-electron chi connectivity index (χ4n) is 0.926. The number of aromatic nitrogens is 2. The van der Waals surface area contributed by atoms with Gasteiger partial charge in [-0.15, -0.1) is 10.2 Å². The average molecular weight is 260 g/mol. The van der Waals surface area contributed by atoms with Gasteiger partial charge in [0.25, 0.3) is 5.22 Å². The molecule has 96 valence electrons. The summed E-state index contributed by atoms with van der Waals surface area (Å²) in [7, 11) is 0. The van der Waals surface area contributed by atoms with Crippen molar-refractivity contribution in [1.29, 1.82) is 0 Å². The van der Waals surface area contributed by atoms with Gasteiger partial charge in [-0.2, -0.15) is 0 Å². The van der Waals surface area contributed by atoms with Crippen LogP contribution in [0.25, 0.3) is 0 Å². The molecule has 1 heterocycles. The van der Waals surface area contributed by atoms with Crippen LogP contribution < -0.4 is 11.1 Å². The lowest BCUT2D eigenvalue weighted by molar-refractivity contribution is -0.121. The zero-order valence-corrected chi connectivity index (χ0v) is 10.5. The van der Waals surface area contributed by atoms with Gasteiger partial charge in [-0.05, 0) is 0 Å². The van der Waals surface area contributed by atoms with Crippen molar-refractivity contribution in [2.75, 3.05) is 12.3 Å². The van der Waals surface area contributed by atoms with Crippen molar-refractivity contribution in [3.8, 4) is 0 Å². The minimum Gasteiger partial charge on any atom is -0.416 e. The van der Waals surface area contributed by atoms with Crippen LogP contribution in [0.4, 0.5) is 0 Å². The van der Waals surface area contributed by atoms with Crippen LogP contribution >= 0.6 is 11.8 Å². The van der Waals surface area contributed by atoms with Gasteiger partial charge in [0.2, 0.25) is 11.8 Å². The molecule has 0 saturated heterocycles. The van der Waals surface area contributed by atoms with Gasteiger partial charge in [0.1, 0.15) is 6.23 Å². The Kier molecular flexibility index (Phi) is 5.39. The van der Waals surface area contributed by atoms with Crippen LogP contribution in [0.1, 0.15) is 25.7 Å². The molecule has 0 radical (unpaired) electrons. The molecule has 1 aromatic heterocycles. The molecule has 0 aliphatic rings. The molecule has 4 N–H and O–H groups in total. The van der Waals surface area contributed by atoms with Crippen molar-refractivity contribution in [3.05, 3.63) is 5.89 Å². The molecule has 0 aromatic carbocycles. The number of amides is 1. The number of aliphatic hydroxyl groups excluding tert-OH is 1. The molecule has 1 aromatic rings. The molecule has 8 heteroatoms. The first-order chi connectivity index (χ1) is 8.02.